The molecule has 1 atom stereocenters. The number of carbonyl (C=O) groups excluding carboxylic acids is 1. The lowest BCUT2D eigenvalue weighted by molar-refractivity contribution is -0.133. The average molecular weight is 479 g/mol. The lowest BCUT2D eigenvalue weighted by Gasteiger charge is -2.20. The molecule has 0 aromatic carbocycles. The van der Waals surface area contributed by atoms with Crippen molar-refractivity contribution in [1.29, 1.82) is 0 Å². The predicted molar refractivity (Wildman–Crippen MR) is 115 cm³/mol. The van der Waals surface area contributed by atoms with E-state index in [2.05, 4.69) is 32.9 Å². The highest BCUT2D eigenvalue weighted by molar-refractivity contribution is 14.0. The monoisotopic (exact) mass is 479 g/mol. The van der Waals surface area contributed by atoms with E-state index < -0.39 is 0 Å². The molecule has 0 saturated carbocycles. The van der Waals surface area contributed by atoms with Gasteiger partial charge in [0, 0.05) is 49.9 Å². The van der Waals surface area contributed by atoms with Crippen molar-refractivity contribution in [3.63, 3.8) is 0 Å². The Balaban J connectivity index is 0.00000312. The van der Waals surface area contributed by atoms with Crippen LogP contribution >= 0.6 is 35.3 Å². The minimum Gasteiger partial charge on any atom is -0.357 e. The lowest BCUT2D eigenvalue weighted by atomic mass is 10.2. The molecule has 2 N–H and O–H groups in total. The van der Waals surface area contributed by atoms with E-state index in [9.17, 15) is 4.79 Å². The number of aliphatic imine (C=N–C) groups is 1. The fourth-order valence-electron chi connectivity index (χ4n) is 2.76. The standard InChI is InChI=1S/C17H29N5OS.HI/c1-5-18-17(19-8-6-15-11-24-13(4)20-15)21-14-7-9-22(10-14)16(23)12(2)3;/h11-12,14H,5-10H2,1-4H3,(H2,18,19,21);1H. The maximum atomic E-state index is 12.1. The zero-order chi connectivity index (χ0) is 17.5. The summed E-state index contributed by atoms with van der Waals surface area (Å²) in [4.78, 5) is 23.1. The number of rotatable bonds is 6. The molecule has 0 spiro atoms. The van der Waals surface area contributed by atoms with Crippen molar-refractivity contribution in [2.75, 3.05) is 26.2 Å². The highest BCUT2D eigenvalue weighted by Gasteiger charge is 2.27. The van der Waals surface area contributed by atoms with Crippen LogP contribution in [0.1, 0.15) is 37.9 Å². The van der Waals surface area contributed by atoms with Crippen LogP contribution < -0.4 is 10.6 Å². The summed E-state index contributed by atoms with van der Waals surface area (Å²) in [5.74, 6) is 1.13. The van der Waals surface area contributed by atoms with Gasteiger partial charge < -0.3 is 15.5 Å². The molecule has 0 aliphatic carbocycles. The smallest absolute Gasteiger partial charge is 0.225 e. The molecule has 1 aliphatic rings. The Morgan fingerprint density at radius 1 is 1.52 bits per heavy atom. The molecule has 2 heterocycles. The fraction of sp³-hybridized carbons (Fsp3) is 0.706. The number of amides is 1. The number of nitrogens with zero attached hydrogens (tertiary/aromatic N) is 3. The first-order valence-electron chi connectivity index (χ1n) is 8.74. The van der Waals surface area contributed by atoms with Crippen LogP contribution in [0.3, 0.4) is 0 Å². The maximum Gasteiger partial charge on any atom is 0.225 e. The Morgan fingerprint density at radius 2 is 2.28 bits per heavy atom. The predicted octanol–water partition coefficient (Wildman–Crippen LogP) is 2.42. The normalized spacial score (nSPS) is 17.6. The van der Waals surface area contributed by atoms with Gasteiger partial charge in [0.1, 0.15) is 0 Å². The second-order valence-corrected chi connectivity index (χ2v) is 7.50. The van der Waals surface area contributed by atoms with Gasteiger partial charge in [-0.2, -0.15) is 0 Å². The van der Waals surface area contributed by atoms with E-state index in [1.165, 1.54) is 0 Å². The summed E-state index contributed by atoms with van der Waals surface area (Å²) in [5.41, 5.74) is 1.10. The molecule has 6 nitrogen and oxygen atoms in total. The Kier molecular flexibility index (Phi) is 9.70. The number of thiazole rings is 1. The van der Waals surface area contributed by atoms with E-state index in [4.69, 9.17) is 0 Å². The number of carbonyl (C=O) groups is 1. The largest absolute Gasteiger partial charge is 0.357 e. The molecular weight excluding hydrogens is 449 g/mol. The number of aromatic nitrogens is 1. The van der Waals surface area contributed by atoms with Crippen molar-refractivity contribution in [2.45, 2.75) is 46.6 Å². The summed E-state index contributed by atoms with van der Waals surface area (Å²) >= 11 is 1.68. The van der Waals surface area contributed by atoms with E-state index in [-0.39, 0.29) is 41.8 Å². The number of hydrogen-bond donors (Lipinski definition) is 2. The molecule has 25 heavy (non-hydrogen) atoms. The Bertz CT molecular complexity index is 575. The van der Waals surface area contributed by atoms with Gasteiger partial charge in [-0.25, -0.2) is 4.98 Å². The van der Waals surface area contributed by atoms with Crippen LogP contribution in [0.4, 0.5) is 0 Å². The molecule has 8 heteroatoms. The van der Waals surface area contributed by atoms with Crippen molar-refractivity contribution in [2.24, 2.45) is 10.9 Å². The SMILES string of the molecule is CCNC(=NCCc1csc(C)n1)NC1CCN(C(=O)C(C)C)C1.I. The van der Waals surface area contributed by atoms with Gasteiger partial charge >= 0.3 is 0 Å². The van der Waals surface area contributed by atoms with Crippen LogP contribution in [0.25, 0.3) is 0 Å². The Morgan fingerprint density at radius 3 is 2.88 bits per heavy atom. The van der Waals surface area contributed by atoms with E-state index in [1.807, 2.05) is 25.7 Å². The van der Waals surface area contributed by atoms with Crippen molar-refractivity contribution in [3.05, 3.63) is 16.1 Å². The number of aryl methyl sites for hydroxylation is 1. The summed E-state index contributed by atoms with van der Waals surface area (Å²) in [6.45, 7) is 11.1. The molecule has 1 amide bonds. The van der Waals surface area contributed by atoms with Crippen LogP contribution in [0.5, 0.6) is 0 Å². The van der Waals surface area contributed by atoms with Crippen LogP contribution in [0, 0.1) is 12.8 Å². The number of guanidine groups is 1. The molecule has 0 radical (unpaired) electrons. The zero-order valence-electron chi connectivity index (χ0n) is 15.5. The first-order valence-corrected chi connectivity index (χ1v) is 9.62. The fourth-order valence-corrected chi connectivity index (χ4v) is 3.41. The number of likely N-dealkylation sites (tertiary alicyclic amines) is 1. The number of halogens is 1. The summed E-state index contributed by atoms with van der Waals surface area (Å²) < 4.78 is 0. The quantitative estimate of drug-likeness (QED) is 0.374. The second-order valence-electron chi connectivity index (χ2n) is 6.44. The molecule has 1 aromatic heterocycles. The van der Waals surface area contributed by atoms with Gasteiger partial charge in [0.25, 0.3) is 0 Å². The van der Waals surface area contributed by atoms with E-state index in [1.54, 1.807) is 11.3 Å². The highest BCUT2D eigenvalue weighted by atomic mass is 127. The van der Waals surface area contributed by atoms with Gasteiger partial charge in [0.15, 0.2) is 5.96 Å². The van der Waals surface area contributed by atoms with Crippen LogP contribution in [0.2, 0.25) is 0 Å². The third kappa shape index (κ3) is 7.08. The lowest BCUT2D eigenvalue weighted by Crippen LogP contribution is -2.45. The van der Waals surface area contributed by atoms with E-state index in [0.717, 1.165) is 49.1 Å². The minimum absolute atomic E-state index is 0. The van der Waals surface area contributed by atoms with Crippen molar-refractivity contribution in [1.82, 2.24) is 20.5 Å². The molecule has 1 fully saturated rings. The average Bonchev–Trinajstić information content (AvgIpc) is 3.16. The molecule has 1 aromatic rings. The molecule has 1 aliphatic heterocycles. The molecule has 0 bridgehead atoms. The van der Waals surface area contributed by atoms with Gasteiger partial charge in [-0.1, -0.05) is 13.8 Å². The molecule has 142 valence electrons. The third-order valence-corrected chi connectivity index (χ3v) is 4.81. The highest BCUT2D eigenvalue weighted by Crippen LogP contribution is 2.13. The molecule has 1 saturated heterocycles. The first-order chi connectivity index (χ1) is 11.5. The summed E-state index contributed by atoms with van der Waals surface area (Å²) in [7, 11) is 0. The van der Waals surface area contributed by atoms with Crippen molar-refractivity contribution in [3.8, 4) is 0 Å². The minimum atomic E-state index is 0. The Hall–Kier alpha value is -0.900. The van der Waals surface area contributed by atoms with Crippen LogP contribution in [0.15, 0.2) is 10.4 Å². The molecular formula is C17H30IN5OS. The van der Waals surface area contributed by atoms with Gasteiger partial charge in [-0.15, -0.1) is 35.3 Å². The molecule has 2 rings (SSSR count). The zero-order valence-corrected chi connectivity index (χ0v) is 18.7. The maximum absolute atomic E-state index is 12.1. The third-order valence-electron chi connectivity index (χ3n) is 3.98. The van der Waals surface area contributed by atoms with Crippen LogP contribution in [-0.2, 0) is 11.2 Å². The van der Waals surface area contributed by atoms with Crippen molar-refractivity contribution >= 4 is 47.2 Å². The summed E-state index contributed by atoms with van der Waals surface area (Å²) in [6.07, 6.45) is 1.82. The summed E-state index contributed by atoms with van der Waals surface area (Å²) in [6, 6.07) is 0.270. The van der Waals surface area contributed by atoms with E-state index in [0.29, 0.717) is 6.54 Å². The first kappa shape index (κ1) is 22.1. The summed E-state index contributed by atoms with van der Waals surface area (Å²) in [5, 5.41) is 9.94. The number of hydrogen-bond acceptors (Lipinski definition) is 4. The number of nitrogens with one attached hydrogen (secondary N) is 2. The second kappa shape index (κ2) is 10.9. The van der Waals surface area contributed by atoms with Gasteiger partial charge in [0.2, 0.25) is 5.91 Å². The topological polar surface area (TPSA) is 69.6 Å². The Labute approximate surface area is 171 Å². The van der Waals surface area contributed by atoms with Crippen molar-refractivity contribution < 1.29 is 4.79 Å². The van der Waals surface area contributed by atoms with Gasteiger partial charge in [-0.3, -0.25) is 9.79 Å². The van der Waals surface area contributed by atoms with Gasteiger partial charge in [0.05, 0.1) is 10.7 Å². The molecule has 1 unspecified atom stereocenters. The van der Waals surface area contributed by atoms with Crippen LogP contribution in [-0.4, -0.2) is 54.0 Å². The van der Waals surface area contributed by atoms with E-state index >= 15 is 0 Å². The van der Waals surface area contributed by atoms with Gasteiger partial charge in [-0.05, 0) is 20.3 Å².